The Morgan fingerprint density at radius 3 is 2.44 bits per heavy atom. The third-order valence-corrected chi connectivity index (χ3v) is 3.71. The second kappa shape index (κ2) is 7.74. The number of nitrogens with zero attached hydrogens (tertiary/aromatic N) is 2. The molecule has 0 aliphatic carbocycles. The summed E-state index contributed by atoms with van der Waals surface area (Å²) in [6.07, 6.45) is 0. The minimum atomic E-state index is -0.717. The van der Waals surface area contributed by atoms with E-state index in [1.54, 1.807) is 58.0 Å². The van der Waals surface area contributed by atoms with Gasteiger partial charge in [0.1, 0.15) is 6.04 Å². The van der Waals surface area contributed by atoms with E-state index in [2.05, 4.69) is 10.3 Å². The second-order valence-corrected chi connectivity index (χ2v) is 5.65. The molecule has 1 heterocycles. The predicted molar refractivity (Wildman–Crippen MR) is 93.7 cm³/mol. The van der Waals surface area contributed by atoms with Crippen LogP contribution in [0.5, 0.6) is 0 Å². The number of hydrogen-bond acceptors (Lipinski definition) is 5. The van der Waals surface area contributed by atoms with Gasteiger partial charge in [0.25, 0.3) is 0 Å². The molecule has 1 atom stereocenters. The van der Waals surface area contributed by atoms with Crippen LogP contribution in [0.1, 0.15) is 41.6 Å². The number of aromatic nitrogens is 2. The number of nitrogens with one attached hydrogen (secondary N) is 1. The van der Waals surface area contributed by atoms with Crippen LogP contribution < -0.4 is 11.0 Å². The van der Waals surface area contributed by atoms with Gasteiger partial charge in [-0.15, -0.1) is 0 Å². The van der Waals surface area contributed by atoms with Crippen molar-refractivity contribution >= 4 is 17.6 Å². The van der Waals surface area contributed by atoms with Crippen LogP contribution >= 0.6 is 0 Å². The number of anilines is 1. The molecule has 7 heteroatoms. The number of hydrogen-bond donors (Lipinski definition) is 1. The Morgan fingerprint density at radius 1 is 1.24 bits per heavy atom. The number of esters is 1. The molecule has 0 radical (unpaired) electrons. The Kier molecular flexibility index (Phi) is 5.69. The first-order valence-corrected chi connectivity index (χ1v) is 7.98. The average molecular weight is 343 g/mol. The van der Waals surface area contributed by atoms with Gasteiger partial charge in [-0.25, -0.2) is 9.59 Å². The van der Waals surface area contributed by atoms with Crippen LogP contribution in [0.2, 0.25) is 0 Å². The number of rotatable bonds is 5. The Morgan fingerprint density at radius 2 is 1.88 bits per heavy atom. The second-order valence-electron chi connectivity index (χ2n) is 5.65. The Balaban J connectivity index is 2.14. The molecule has 0 spiro atoms. The van der Waals surface area contributed by atoms with Gasteiger partial charge < -0.3 is 10.1 Å². The van der Waals surface area contributed by atoms with Gasteiger partial charge in [-0.3, -0.25) is 9.36 Å². The van der Waals surface area contributed by atoms with Crippen molar-refractivity contribution < 1.29 is 14.3 Å². The van der Waals surface area contributed by atoms with E-state index in [-0.39, 0.29) is 5.91 Å². The molecule has 1 unspecified atom stereocenters. The van der Waals surface area contributed by atoms with Crippen LogP contribution in [0.3, 0.4) is 0 Å². The molecular formula is C18H21N3O4. The van der Waals surface area contributed by atoms with Gasteiger partial charge in [0.15, 0.2) is 0 Å². The molecule has 1 aromatic carbocycles. The van der Waals surface area contributed by atoms with Crippen LogP contribution in [0.25, 0.3) is 0 Å². The largest absolute Gasteiger partial charge is 0.462 e. The molecule has 0 aliphatic heterocycles. The van der Waals surface area contributed by atoms with Crippen LogP contribution in [0, 0.1) is 13.8 Å². The van der Waals surface area contributed by atoms with Crippen LogP contribution in [-0.4, -0.2) is 28.0 Å². The third kappa shape index (κ3) is 4.32. The maximum atomic E-state index is 12.4. The normalized spacial score (nSPS) is 11.7. The molecule has 25 heavy (non-hydrogen) atoms. The first-order valence-electron chi connectivity index (χ1n) is 7.98. The first kappa shape index (κ1) is 18.4. The van der Waals surface area contributed by atoms with Gasteiger partial charge in [0.05, 0.1) is 12.2 Å². The standard InChI is InChI=1S/C18H21N3O4/c1-5-25-17(23)14-6-8-15(9-7-14)20-16(22)13(4)21-12(3)10-11(2)19-18(21)24/h6-10,13H,5H2,1-4H3,(H,20,22). The summed E-state index contributed by atoms with van der Waals surface area (Å²) in [6.45, 7) is 7.15. The predicted octanol–water partition coefficient (Wildman–Crippen LogP) is 2.24. The summed E-state index contributed by atoms with van der Waals surface area (Å²) in [7, 11) is 0. The van der Waals surface area contributed by atoms with Crippen LogP contribution in [0.15, 0.2) is 35.1 Å². The summed E-state index contributed by atoms with van der Waals surface area (Å²) >= 11 is 0. The average Bonchev–Trinajstić information content (AvgIpc) is 2.54. The quantitative estimate of drug-likeness (QED) is 0.841. The highest BCUT2D eigenvalue weighted by atomic mass is 16.5. The fourth-order valence-electron chi connectivity index (χ4n) is 2.50. The molecule has 0 fully saturated rings. The Labute approximate surface area is 145 Å². The Bertz CT molecular complexity index is 840. The number of benzene rings is 1. The summed E-state index contributed by atoms with van der Waals surface area (Å²) in [5, 5.41) is 2.73. The monoisotopic (exact) mass is 343 g/mol. The van der Waals surface area contributed by atoms with Crippen molar-refractivity contribution in [3.63, 3.8) is 0 Å². The third-order valence-electron chi connectivity index (χ3n) is 3.71. The highest BCUT2D eigenvalue weighted by Crippen LogP contribution is 2.14. The van der Waals surface area contributed by atoms with Crippen molar-refractivity contribution in [3.8, 4) is 0 Å². The zero-order chi connectivity index (χ0) is 18.6. The van der Waals surface area contributed by atoms with Crippen molar-refractivity contribution in [1.82, 2.24) is 9.55 Å². The minimum Gasteiger partial charge on any atom is -0.462 e. The zero-order valence-electron chi connectivity index (χ0n) is 14.7. The number of carbonyl (C=O) groups excluding carboxylic acids is 2. The van der Waals surface area contributed by atoms with Crippen molar-refractivity contribution in [2.75, 3.05) is 11.9 Å². The molecule has 0 bridgehead atoms. The molecule has 0 saturated heterocycles. The Hall–Kier alpha value is -2.96. The highest BCUT2D eigenvalue weighted by Gasteiger charge is 2.19. The van der Waals surface area contributed by atoms with E-state index < -0.39 is 17.7 Å². The van der Waals surface area contributed by atoms with Gasteiger partial charge >= 0.3 is 11.7 Å². The van der Waals surface area contributed by atoms with Crippen molar-refractivity contribution in [1.29, 1.82) is 0 Å². The SMILES string of the molecule is CCOC(=O)c1ccc(NC(=O)C(C)n2c(C)cc(C)nc2=O)cc1. The molecule has 2 aromatic rings. The number of aryl methyl sites for hydroxylation is 2. The van der Waals surface area contributed by atoms with Crippen LogP contribution in [-0.2, 0) is 9.53 Å². The molecule has 1 amide bonds. The fourth-order valence-corrected chi connectivity index (χ4v) is 2.50. The van der Waals surface area contributed by atoms with E-state index in [1.165, 1.54) is 4.57 Å². The smallest absolute Gasteiger partial charge is 0.348 e. The molecule has 2 rings (SSSR count). The van der Waals surface area contributed by atoms with Crippen molar-refractivity contribution in [2.45, 2.75) is 33.7 Å². The van der Waals surface area contributed by atoms with Crippen molar-refractivity contribution in [2.24, 2.45) is 0 Å². The molecule has 0 saturated carbocycles. The topological polar surface area (TPSA) is 90.3 Å². The molecule has 0 aliphatic rings. The summed E-state index contributed by atoms with van der Waals surface area (Å²) in [5.41, 5.74) is 1.75. The number of amides is 1. The highest BCUT2D eigenvalue weighted by molar-refractivity contribution is 5.94. The van der Waals surface area contributed by atoms with Gasteiger partial charge in [-0.1, -0.05) is 0 Å². The van der Waals surface area contributed by atoms with E-state index in [0.29, 0.717) is 29.2 Å². The molecule has 7 nitrogen and oxygen atoms in total. The van der Waals surface area contributed by atoms with E-state index in [0.717, 1.165) is 0 Å². The number of ether oxygens (including phenoxy) is 1. The van der Waals surface area contributed by atoms with E-state index >= 15 is 0 Å². The fraction of sp³-hybridized carbons (Fsp3) is 0.333. The van der Waals surface area contributed by atoms with E-state index in [9.17, 15) is 14.4 Å². The van der Waals surface area contributed by atoms with Crippen LogP contribution in [0.4, 0.5) is 5.69 Å². The molecular weight excluding hydrogens is 322 g/mol. The summed E-state index contributed by atoms with van der Waals surface area (Å²) in [5.74, 6) is -0.763. The molecule has 1 aromatic heterocycles. The molecule has 1 N–H and O–H groups in total. The summed E-state index contributed by atoms with van der Waals surface area (Å²) in [4.78, 5) is 40.0. The lowest BCUT2D eigenvalue weighted by molar-refractivity contribution is -0.118. The summed E-state index contributed by atoms with van der Waals surface area (Å²) < 4.78 is 6.25. The lowest BCUT2D eigenvalue weighted by Gasteiger charge is -2.17. The van der Waals surface area contributed by atoms with Gasteiger partial charge in [-0.05, 0) is 58.0 Å². The van der Waals surface area contributed by atoms with Crippen molar-refractivity contribution in [3.05, 3.63) is 57.8 Å². The molecule has 132 valence electrons. The van der Waals surface area contributed by atoms with E-state index in [4.69, 9.17) is 4.74 Å². The maximum Gasteiger partial charge on any atom is 0.348 e. The van der Waals surface area contributed by atoms with E-state index in [1.807, 2.05) is 0 Å². The summed E-state index contributed by atoms with van der Waals surface area (Å²) in [6, 6.07) is 7.40. The number of carbonyl (C=O) groups is 2. The lowest BCUT2D eigenvalue weighted by atomic mass is 10.2. The lowest BCUT2D eigenvalue weighted by Crippen LogP contribution is -2.34. The van der Waals surface area contributed by atoms with Gasteiger partial charge in [-0.2, -0.15) is 4.98 Å². The minimum absolute atomic E-state index is 0.299. The van der Waals surface area contributed by atoms with Gasteiger partial charge in [0, 0.05) is 17.1 Å². The van der Waals surface area contributed by atoms with Gasteiger partial charge in [0.2, 0.25) is 5.91 Å². The first-order chi connectivity index (χ1) is 11.8. The maximum absolute atomic E-state index is 12.4. The zero-order valence-corrected chi connectivity index (χ0v) is 14.7.